The van der Waals surface area contributed by atoms with Crippen LogP contribution in [0.25, 0.3) is 16.9 Å². The van der Waals surface area contributed by atoms with Gasteiger partial charge in [-0.3, -0.25) is 14.7 Å². The average molecular weight is 562 g/mol. The summed E-state index contributed by atoms with van der Waals surface area (Å²) in [5, 5.41) is 2.87. The Hall–Kier alpha value is -3.99. The fraction of sp³-hybridized carbons (Fsp3) is 0.267. The summed E-state index contributed by atoms with van der Waals surface area (Å²) in [4.78, 5) is 20.1. The minimum absolute atomic E-state index is 0.0860. The normalized spacial score (nSPS) is 11.7. The Balaban J connectivity index is 1.65. The van der Waals surface area contributed by atoms with Gasteiger partial charge in [-0.15, -0.1) is 0 Å². The summed E-state index contributed by atoms with van der Waals surface area (Å²) in [5.74, 6) is 0.358. The van der Waals surface area contributed by atoms with E-state index >= 15 is 0 Å². The maximum absolute atomic E-state index is 13.5. The zero-order chi connectivity index (χ0) is 28.9. The topological polar surface area (TPSA) is 96.8 Å². The summed E-state index contributed by atoms with van der Waals surface area (Å²) >= 11 is 0. The fourth-order valence-electron chi connectivity index (χ4n) is 4.11. The van der Waals surface area contributed by atoms with Gasteiger partial charge >= 0.3 is 0 Å². The Morgan fingerprint density at radius 1 is 0.950 bits per heavy atom. The van der Waals surface area contributed by atoms with Gasteiger partial charge < -0.3 is 9.64 Å². The first-order valence-corrected chi connectivity index (χ1v) is 14.3. The maximum atomic E-state index is 13.5. The van der Waals surface area contributed by atoms with Crippen LogP contribution < -0.4 is 10.1 Å². The highest BCUT2D eigenvalue weighted by molar-refractivity contribution is 7.89. The number of hydrogen-bond acceptors (Lipinski definition) is 6. The molecule has 0 fully saturated rings. The third kappa shape index (κ3) is 6.77. The lowest BCUT2D eigenvalue weighted by atomic mass is 10.1. The summed E-state index contributed by atoms with van der Waals surface area (Å²) in [6, 6.07) is 21.8. The Morgan fingerprint density at radius 2 is 1.65 bits per heavy atom. The number of nitrogens with one attached hydrogen (secondary N) is 1. The van der Waals surface area contributed by atoms with Gasteiger partial charge in [0.2, 0.25) is 21.9 Å². The molecule has 1 aromatic heterocycles. The monoisotopic (exact) mass is 561 g/mol. The molecule has 0 spiro atoms. The first kappa shape index (κ1) is 29.0. The smallest absolute Gasteiger partial charge is 0.243 e. The van der Waals surface area contributed by atoms with Crippen LogP contribution >= 0.6 is 0 Å². The molecule has 9 nitrogen and oxygen atoms in total. The number of amides is 1. The zero-order valence-corrected chi connectivity index (χ0v) is 24.3. The van der Waals surface area contributed by atoms with E-state index in [2.05, 4.69) is 5.32 Å². The van der Waals surface area contributed by atoms with E-state index in [-0.39, 0.29) is 18.0 Å². The third-order valence-electron chi connectivity index (χ3n) is 6.61. The molecule has 210 valence electrons. The van der Waals surface area contributed by atoms with Gasteiger partial charge in [0.05, 0.1) is 24.2 Å². The van der Waals surface area contributed by atoms with E-state index < -0.39 is 15.9 Å². The van der Waals surface area contributed by atoms with E-state index in [4.69, 9.17) is 9.72 Å². The van der Waals surface area contributed by atoms with Crippen molar-refractivity contribution in [2.75, 3.05) is 46.2 Å². The molecule has 4 aromatic rings. The minimum Gasteiger partial charge on any atom is -0.497 e. The summed E-state index contributed by atoms with van der Waals surface area (Å²) < 4.78 is 35.2. The van der Waals surface area contributed by atoms with E-state index in [1.165, 1.54) is 23.5 Å². The van der Waals surface area contributed by atoms with Crippen molar-refractivity contribution in [3.8, 4) is 22.7 Å². The third-order valence-corrected chi connectivity index (χ3v) is 8.47. The number of hydrogen-bond donors (Lipinski definition) is 1. The number of carbonyl (C=O) groups excluding carboxylic acids is 1. The molecule has 0 unspecified atom stereocenters. The van der Waals surface area contributed by atoms with E-state index in [1.54, 1.807) is 12.1 Å². The highest BCUT2D eigenvalue weighted by Gasteiger charge is 2.27. The Kier molecular flexibility index (Phi) is 9.03. The van der Waals surface area contributed by atoms with Crippen LogP contribution in [-0.4, -0.2) is 73.9 Å². The van der Waals surface area contributed by atoms with Crippen LogP contribution in [-0.2, 0) is 14.8 Å². The van der Waals surface area contributed by atoms with Crippen LogP contribution in [0.1, 0.15) is 11.1 Å². The van der Waals surface area contributed by atoms with Gasteiger partial charge in [0, 0.05) is 30.5 Å². The van der Waals surface area contributed by atoms with Crippen LogP contribution in [0.2, 0.25) is 0 Å². The van der Waals surface area contributed by atoms with Gasteiger partial charge in [-0.05, 0) is 75.5 Å². The molecule has 0 saturated heterocycles. The molecule has 3 aromatic carbocycles. The van der Waals surface area contributed by atoms with Gasteiger partial charge in [-0.25, -0.2) is 13.4 Å². The molecule has 0 atom stereocenters. The quantitative estimate of drug-likeness (QED) is 0.292. The lowest BCUT2D eigenvalue weighted by Gasteiger charge is -2.23. The predicted octanol–water partition coefficient (Wildman–Crippen LogP) is 4.36. The minimum atomic E-state index is -3.96. The first-order valence-electron chi connectivity index (χ1n) is 12.9. The molecule has 1 heterocycles. The maximum Gasteiger partial charge on any atom is 0.243 e. The SMILES string of the molecule is COc1ccc(S(=O)(=O)N(CCN(C)C)CC(=O)Nc2nc(-c3ccccc3)cn2-c2ccc(C)c(C)c2)cc1. The number of ether oxygens (including phenoxy) is 1. The molecule has 4 rings (SSSR count). The average Bonchev–Trinajstić information content (AvgIpc) is 3.36. The molecular weight excluding hydrogens is 526 g/mol. The number of nitrogens with zero attached hydrogens (tertiary/aromatic N) is 4. The lowest BCUT2D eigenvalue weighted by Crippen LogP contribution is -2.41. The van der Waals surface area contributed by atoms with Crippen molar-refractivity contribution in [3.63, 3.8) is 0 Å². The molecule has 0 aliphatic carbocycles. The van der Waals surface area contributed by atoms with Crippen molar-refractivity contribution in [2.24, 2.45) is 0 Å². The van der Waals surface area contributed by atoms with Crippen molar-refractivity contribution in [1.82, 2.24) is 18.8 Å². The van der Waals surface area contributed by atoms with Gasteiger partial charge in [0.15, 0.2) is 0 Å². The van der Waals surface area contributed by atoms with Crippen molar-refractivity contribution < 1.29 is 17.9 Å². The number of benzene rings is 3. The molecule has 0 bridgehead atoms. The second-order valence-electron chi connectivity index (χ2n) is 9.82. The summed E-state index contributed by atoms with van der Waals surface area (Å²) in [7, 11) is 1.26. The Morgan fingerprint density at radius 3 is 2.27 bits per heavy atom. The van der Waals surface area contributed by atoms with Crippen LogP contribution in [0.3, 0.4) is 0 Å². The molecule has 1 amide bonds. The van der Waals surface area contributed by atoms with Gasteiger partial charge in [0.25, 0.3) is 0 Å². The van der Waals surface area contributed by atoms with Crippen molar-refractivity contribution in [2.45, 2.75) is 18.7 Å². The van der Waals surface area contributed by atoms with E-state index in [9.17, 15) is 13.2 Å². The van der Waals surface area contributed by atoms with Gasteiger partial charge in [-0.2, -0.15) is 4.31 Å². The van der Waals surface area contributed by atoms with Crippen LogP contribution in [0, 0.1) is 13.8 Å². The van der Waals surface area contributed by atoms with Gasteiger partial charge in [-0.1, -0.05) is 36.4 Å². The van der Waals surface area contributed by atoms with Crippen molar-refractivity contribution in [1.29, 1.82) is 0 Å². The van der Waals surface area contributed by atoms with Crippen molar-refractivity contribution in [3.05, 3.63) is 90.1 Å². The van der Waals surface area contributed by atoms with Crippen molar-refractivity contribution >= 4 is 21.9 Å². The van der Waals surface area contributed by atoms with Crippen LogP contribution in [0.4, 0.5) is 5.95 Å². The Labute approximate surface area is 236 Å². The van der Waals surface area contributed by atoms with E-state index in [0.29, 0.717) is 23.9 Å². The Bertz CT molecular complexity index is 1570. The zero-order valence-electron chi connectivity index (χ0n) is 23.5. The molecule has 0 aliphatic rings. The summed E-state index contributed by atoms with van der Waals surface area (Å²) in [6.07, 6.45) is 1.87. The highest BCUT2D eigenvalue weighted by Crippen LogP contribution is 2.26. The fourth-order valence-corrected chi connectivity index (χ4v) is 5.49. The number of aryl methyl sites for hydroxylation is 2. The first-order chi connectivity index (χ1) is 19.1. The number of rotatable bonds is 11. The molecular formula is C30H35N5O4S. The lowest BCUT2D eigenvalue weighted by molar-refractivity contribution is -0.116. The number of imidazole rings is 1. The second-order valence-corrected chi connectivity index (χ2v) is 11.8. The number of aromatic nitrogens is 2. The number of sulfonamides is 1. The van der Waals surface area contributed by atoms with Gasteiger partial charge in [0.1, 0.15) is 5.75 Å². The number of methoxy groups -OCH3 is 1. The standard InChI is InChI=1S/C30H35N5O4S/c1-22-11-12-25(19-23(22)2)35-20-28(24-9-7-6-8-10-24)31-30(35)32-29(36)21-34(18-17-33(3)4)40(37,38)27-15-13-26(39-5)14-16-27/h6-16,19-20H,17-18,21H2,1-5H3,(H,31,32,36). The van der Waals surface area contributed by atoms with Crippen LogP contribution in [0.15, 0.2) is 83.9 Å². The van der Waals surface area contributed by atoms with E-state index in [1.807, 2.05) is 92.1 Å². The second kappa shape index (κ2) is 12.5. The molecule has 1 N–H and O–H groups in total. The summed E-state index contributed by atoms with van der Waals surface area (Å²) in [6.45, 7) is 4.27. The summed E-state index contributed by atoms with van der Waals surface area (Å²) in [5.41, 5.74) is 4.67. The highest BCUT2D eigenvalue weighted by atomic mass is 32.2. The van der Waals surface area contributed by atoms with Crippen LogP contribution in [0.5, 0.6) is 5.75 Å². The number of carbonyl (C=O) groups is 1. The molecule has 40 heavy (non-hydrogen) atoms. The predicted molar refractivity (Wildman–Crippen MR) is 157 cm³/mol. The number of likely N-dealkylation sites (N-methyl/N-ethyl adjacent to an activating group) is 1. The molecule has 10 heteroatoms. The number of anilines is 1. The molecule has 0 aliphatic heterocycles. The molecule has 0 saturated carbocycles. The van der Waals surface area contributed by atoms with E-state index in [0.717, 1.165) is 22.4 Å². The molecule has 0 radical (unpaired) electrons. The largest absolute Gasteiger partial charge is 0.497 e.